The van der Waals surface area contributed by atoms with Crippen LogP contribution in [0.1, 0.15) is 56.8 Å². The maximum atomic E-state index is 12.0. The number of esters is 1. The zero-order valence-electron chi connectivity index (χ0n) is 12.8. The normalized spacial score (nSPS) is 13.2. The average molecular weight is 330 g/mol. The number of rotatable bonds is 7. The van der Waals surface area contributed by atoms with Crippen molar-refractivity contribution in [2.45, 2.75) is 52.6 Å². The number of benzene rings is 1. The smallest absolute Gasteiger partial charge is 0.342 e. The van der Waals surface area contributed by atoms with E-state index in [1.807, 2.05) is 6.92 Å². The number of carbonyl (C=O) groups excluding carboxylic acids is 1. The summed E-state index contributed by atoms with van der Waals surface area (Å²) in [5, 5.41) is 9.63. The molecule has 0 amide bonds. The third-order valence-corrected chi connectivity index (χ3v) is 3.30. The molecule has 0 saturated carbocycles. The van der Waals surface area contributed by atoms with Crippen LogP contribution in [-0.4, -0.2) is 17.2 Å². The fourth-order valence-electron chi connectivity index (χ4n) is 2.22. The minimum absolute atomic E-state index is 0. The number of phenolic OH excluding ortho intramolecular Hbond substituents is 1. The summed E-state index contributed by atoms with van der Waals surface area (Å²) < 4.78 is 5.48. The first-order valence-electron chi connectivity index (χ1n) is 7.07. The fraction of sp³-hybridized carbons (Fsp3) is 0.562. The van der Waals surface area contributed by atoms with Crippen molar-refractivity contribution in [1.82, 2.24) is 0 Å². The van der Waals surface area contributed by atoms with Crippen LogP contribution in [-0.2, 0) is 24.2 Å². The van der Waals surface area contributed by atoms with E-state index in [4.69, 9.17) is 4.74 Å². The molecular formula is C16H24O3Zn. The monoisotopic (exact) mass is 328 g/mol. The molecule has 0 spiro atoms. The molecule has 0 heterocycles. The van der Waals surface area contributed by atoms with Gasteiger partial charge in [0.05, 0.1) is 0 Å². The Kier molecular flexibility index (Phi) is 9.49. The van der Waals surface area contributed by atoms with Crippen molar-refractivity contribution < 1.29 is 34.1 Å². The molecule has 0 radical (unpaired) electrons. The second-order valence-electron chi connectivity index (χ2n) is 5.08. The van der Waals surface area contributed by atoms with Crippen LogP contribution in [0.2, 0.25) is 0 Å². The molecule has 0 aromatic heterocycles. The van der Waals surface area contributed by atoms with Gasteiger partial charge < -0.3 is 9.84 Å². The maximum Gasteiger partial charge on any atom is 0.342 e. The number of phenols is 1. The van der Waals surface area contributed by atoms with Gasteiger partial charge in [0, 0.05) is 19.5 Å². The summed E-state index contributed by atoms with van der Waals surface area (Å²) in [5.41, 5.74) is 0.240. The van der Waals surface area contributed by atoms with Gasteiger partial charge in [-0.3, -0.25) is 0 Å². The summed E-state index contributed by atoms with van der Waals surface area (Å²) in [6.45, 7) is 6.35. The van der Waals surface area contributed by atoms with Crippen LogP contribution in [0.3, 0.4) is 0 Å². The Bertz CT molecular complexity index is 406. The minimum atomic E-state index is -0.436. The van der Waals surface area contributed by atoms with Gasteiger partial charge in [-0.2, -0.15) is 0 Å². The first-order chi connectivity index (χ1) is 9.08. The molecule has 0 saturated heterocycles. The predicted octanol–water partition coefficient (Wildman–Crippen LogP) is 4.15. The standard InChI is InChI=1S/C16H24O3.Zn/c1-4-8-12(3)11-13(5-2)19-16(18)14-9-6-7-10-15(14)17;/h6-7,9-10,12-13,17H,4-5,8,11H2,1-3H3;. The van der Waals surface area contributed by atoms with Gasteiger partial charge in [-0.25, -0.2) is 4.79 Å². The molecule has 1 aromatic carbocycles. The summed E-state index contributed by atoms with van der Waals surface area (Å²) in [6.07, 6.45) is 3.89. The minimum Gasteiger partial charge on any atom is -0.507 e. The quantitative estimate of drug-likeness (QED) is 0.604. The Balaban J connectivity index is 0.00000361. The van der Waals surface area contributed by atoms with Crippen LogP contribution < -0.4 is 0 Å². The fourth-order valence-corrected chi connectivity index (χ4v) is 2.22. The van der Waals surface area contributed by atoms with Crippen molar-refractivity contribution in [3.05, 3.63) is 29.8 Å². The van der Waals surface area contributed by atoms with E-state index in [1.54, 1.807) is 18.2 Å². The average Bonchev–Trinajstić information content (AvgIpc) is 2.38. The molecular weight excluding hydrogens is 306 g/mol. The van der Waals surface area contributed by atoms with E-state index in [-0.39, 0.29) is 36.9 Å². The molecule has 0 aliphatic heterocycles. The van der Waals surface area contributed by atoms with Gasteiger partial charge in [0.25, 0.3) is 0 Å². The molecule has 3 nitrogen and oxygen atoms in total. The van der Waals surface area contributed by atoms with Crippen molar-refractivity contribution in [3.8, 4) is 5.75 Å². The predicted molar refractivity (Wildman–Crippen MR) is 76.3 cm³/mol. The second kappa shape index (κ2) is 9.93. The van der Waals surface area contributed by atoms with E-state index in [2.05, 4.69) is 13.8 Å². The third-order valence-electron chi connectivity index (χ3n) is 3.30. The Morgan fingerprint density at radius 2 is 1.95 bits per heavy atom. The molecule has 4 heteroatoms. The molecule has 0 bridgehead atoms. The summed E-state index contributed by atoms with van der Waals surface area (Å²) in [4.78, 5) is 12.0. The van der Waals surface area contributed by atoms with Crippen molar-refractivity contribution in [2.75, 3.05) is 0 Å². The molecule has 1 N–H and O–H groups in total. The Hall–Kier alpha value is -0.887. The van der Waals surface area contributed by atoms with E-state index < -0.39 is 5.97 Å². The van der Waals surface area contributed by atoms with Crippen molar-refractivity contribution in [3.63, 3.8) is 0 Å². The number of hydrogen-bond donors (Lipinski definition) is 1. The van der Waals surface area contributed by atoms with Gasteiger partial charge in [0.1, 0.15) is 17.4 Å². The van der Waals surface area contributed by atoms with Crippen molar-refractivity contribution >= 4 is 5.97 Å². The number of hydrogen-bond acceptors (Lipinski definition) is 3. The second-order valence-corrected chi connectivity index (χ2v) is 5.08. The topological polar surface area (TPSA) is 46.5 Å². The van der Waals surface area contributed by atoms with Crippen LogP contribution in [0.15, 0.2) is 24.3 Å². The molecule has 108 valence electrons. The molecule has 0 fully saturated rings. The molecule has 1 aromatic rings. The summed E-state index contributed by atoms with van der Waals surface area (Å²) >= 11 is 0. The first-order valence-corrected chi connectivity index (χ1v) is 7.07. The Morgan fingerprint density at radius 3 is 2.50 bits per heavy atom. The van der Waals surface area contributed by atoms with E-state index in [0.29, 0.717) is 5.92 Å². The zero-order chi connectivity index (χ0) is 14.3. The Labute approximate surface area is 134 Å². The maximum absolute atomic E-state index is 12.0. The van der Waals surface area contributed by atoms with Crippen molar-refractivity contribution in [2.24, 2.45) is 5.92 Å². The molecule has 0 aliphatic carbocycles. The number of carbonyl (C=O) groups is 1. The summed E-state index contributed by atoms with van der Waals surface area (Å²) in [6, 6.07) is 6.49. The number of para-hydroxylation sites is 1. The molecule has 0 aliphatic rings. The van der Waals surface area contributed by atoms with Crippen LogP contribution >= 0.6 is 0 Å². The van der Waals surface area contributed by atoms with E-state index in [0.717, 1.165) is 25.7 Å². The molecule has 1 rings (SSSR count). The van der Waals surface area contributed by atoms with Gasteiger partial charge in [-0.15, -0.1) is 0 Å². The van der Waals surface area contributed by atoms with Crippen LogP contribution in [0.4, 0.5) is 0 Å². The van der Waals surface area contributed by atoms with E-state index in [9.17, 15) is 9.90 Å². The third kappa shape index (κ3) is 6.04. The summed E-state index contributed by atoms with van der Waals surface area (Å²) in [7, 11) is 0. The number of aromatic hydroxyl groups is 1. The number of ether oxygens (including phenoxy) is 1. The SMILES string of the molecule is CCCC(C)CC(CC)OC(=O)c1ccccc1O.[Zn]. The van der Waals surface area contributed by atoms with Crippen LogP contribution in [0, 0.1) is 5.92 Å². The molecule has 2 unspecified atom stereocenters. The largest absolute Gasteiger partial charge is 0.507 e. The van der Waals surface area contributed by atoms with Gasteiger partial charge in [0.2, 0.25) is 0 Å². The van der Waals surface area contributed by atoms with Crippen molar-refractivity contribution in [1.29, 1.82) is 0 Å². The first kappa shape index (κ1) is 19.1. The summed E-state index contributed by atoms with van der Waals surface area (Å²) in [5.74, 6) is 0.0877. The van der Waals surface area contributed by atoms with Gasteiger partial charge in [-0.05, 0) is 30.9 Å². The molecule has 2 atom stereocenters. The van der Waals surface area contributed by atoms with E-state index >= 15 is 0 Å². The Morgan fingerprint density at radius 1 is 1.30 bits per heavy atom. The zero-order valence-corrected chi connectivity index (χ0v) is 15.7. The van der Waals surface area contributed by atoms with Crippen LogP contribution in [0.5, 0.6) is 5.75 Å². The molecule has 20 heavy (non-hydrogen) atoms. The van der Waals surface area contributed by atoms with Gasteiger partial charge in [0.15, 0.2) is 0 Å². The van der Waals surface area contributed by atoms with Crippen LogP contribution in [0.25, 0.3) is 0 Å². The van der Waals surface area contributed by atoms with Gasteiger partial charge >= 0.3 is 5.97 Å². The van der Waals surface area contributed by atoms with Gasteiger partial charge in [-0.1, -0.05) is 45.7 Å². The van der Waals surface area contributed by atoms with E-state index in [1.165, 1.54) is 6.07 Å².